The van der Waals surface area contributed by atoms with E-state index in [1.165, 1.54) is 12.8 Å². The van der Waals surface area contributed by atoms with Crippen molar-refractivity contribution in [2.45, 2.75) is 31.5 Å². The third-order valence-corrected chi connectivity index (χ3v) is 2.44. The Morgan fingerprint density at radius 1 is 1.33 bits per heavy atom. The monoisotopic (exact) mass is 256 g/mol. The van der Waals surface area contributed by atoms with Crippen molar-refractivity contribution in [2.24, 2.45) is 5.92 Å². The minimum absolute atomic E-state index is 0.705. The maximum absolute atomic E-state index is 3.61. The number of halogens is 2. The summed E-state index contributed by atoms with van der Waals surface area (Å²) >= 11 is 7.02. The lowest BCUT2D eigenvalue weighted by Gasteiger charge is -2.09. The molecule has 0 aromatic carbocycles. The fourth-order valence-corrected chi connectivity index (χ4v) is 2.89. The minimum atomic E-state index is 0.705. The summed E-state index contributed by atoms with van der Waals surface area (Å²) in [6.07, 6.45) is 2.52. The first-order chi connectivity index (χ1) is 4.16. The predicted molar refractivity (Wildman–Crippen MR) is 50.6 cm³/mol. The van der Waals surface area contributed by atoms with Crippen molar-refractivity contribution in [1.29, 1.82) is 0 Å². The van der Waals surface area contributed by atoms with Gasteiger partial charge in [-0.1, -0.05) is 45.7 Å². The Hall–Kier alpha value is 0.960. The molecule has 0 unspecified atom stereocenters. The molecule has 0 nitrogen and oxygen atoms in total. The zero-order chi connectivity index (χ0) is 7.28. The molecule has 56 valence electrons. The van der Waals surface area contributed by atoms with Crippen LogP contribution in [0, 0.1) is 5.92 Å². The third-order valence-electron chi connectivity index (χ3n) is 1.15. The molecular formula is C7H14Br2. The SMILES string of the molecule is CC(C)C[C@H](Br)CCBr. The van der Waals surface area contributed by atoms with Crippen LogP contribution in [0.5, 0.6) is 0 Å². The molecule has 0 spiro atoms. The molecule has 0 amide bonds. The fraction of sp³-hybridized carbons (Fsp3) is 1.00. The van der Waals surface area contributed by atoms with Crippen molar-refractivity contribution in [2.75, 3.05) is 5.33 Å². The van der Waals surface area contributed by atoms with Gasteiger partial charge in [-0.2, -0.15) is 0 Å². The first kappa shape index (κ1) is 9.96. The van der Waals surface area contributed by atoms with Crippen LogP contribution in [0.4, 0.5) is 0 Å². The van der Waals surface area contributed by atoms with E-state index in [1.807, 2.05) is 0 Å². The summed E-state index contributed by atoms with van der Waals surface area (Å²) in [5.74, 6) is 0.813. The van der Waals surface area contributed by atoms with Gasteiger partial charge in [-0.25, -0.2) is 0 Å². The standard InChI is InChI=1S/C7H14Br2/c1-6(2)5-7(9)3-4-8/h6-7H,3-5H2,1-2H3/t7-/m1/s1. The molecule has 0 aliphatic rings. The van der Waals surface area contributed by atoms with Gasteiger partial charge in [0.05, 0.1) is 0 Å². The summed E-state index contributed by atoms with van der Waals surface area (Å²) in [7, 11) is 0. The maximum Gasteiger partial charge on any atom is 0.0156 e. The maximum atomic E-state index is 3.61. The molecule has 0 fully saturated rings. The molecule has 0 heterocycles. The Kier molecular flexibility index (Phi) is 6.33. The smallest absolute Gasteiger partial charge is 0.0156 e. The number of hydrogen-bond acceptors (Lipinski definition) is 0. The lowest BCUT2D eigenvalue weighted by atomic mass is 10.1. The van der Waals surface area contributed by atoms with Gasteiger partial charge >= 0.3 is 0 Å². The summed E-state index contributed by atoms with van der Waals surface area (Å²) in [5.41, 5.74) is 0. The molecular weight excluding hydrogens is 244 g/mol. The quantitative estimate of drug-likeness (QED) is 0.676. The van der Waals surface area contributed by atoms with Gasteiger partial charge in [0.1, 0.15) is 0 Å². The summed E-state index contributed by atoms with van der Waals surface area (Å²) in [5, 5.41) is 1.11. The molecule has 0 saturated carbocycles. The Labute approximate surface area is 74.7 Å². The molecule has 0 aromatic rings. The van der Waals surface area contributed by atoms with Gasteiger partial charge in [-0.05, 0) is 18.8 Å². The van der Waals surface area contributed by atoms with Gasteiger partial charge in [-0.3, -0.25) is 0 Å². The molecule has 0 aromatic heterocycles. The normalized spacial score (nSPS) is 14.3. The van der Waals surface area contributed by atoms with E-state index in [0.29, 0.717) is 4.83 Å². The van der Waals surface area contributed by atoms with Crippen LogP contribution in [0.3, 0.4) is 0 Å². The number of hydrogen-bond donors (Lipinski definition) is 0. The Bertz CT molecular complexity index is 61.9. The number of alkyl halides is 2. The molecule has 0 N–H and O–H groups in total. The largest absolute Gasteiger partial charge is 0.0928 e. The Morgan fingerprint density at radius 3 is 2.22 bits per heavy atom. The predicted octanol–water partition coefficient (Wildman–Crippen LogP) is 3.58. The average Bonchev–Trinajstić information content (AvgIpc) is 1.63. The van der Waals surface area contributed by atoms with Crippen LogP contribution in [0.2, 0.25) is 0 Å². The van der Waals surface area contributed by atoms with Crippen LogP contribution >= 0.6 is 31.9 Å². The first-order valence-corrected chi connectivity index (χ1v) is 5.40. The van der Waals surface area contributed by atoms with Crippen LogP contribution in [0.25, 0.3) is 0 Å². The molecule has 1 atom stereocenters. The van der Waals surface area contributed by atoms with E-state index in [-0.39, 0.29) is 0 Å². The van der Waals surface area contributed by atoms with E-state index in [9.17, 15) is 0 Å². The summed E-state index contributed by atoms with van der Waals surface area (Å²) in [6.45, 7) is 4.50. The summed E-state index contributed by atoms with van der Waals surface area (Å²) in [6, 6.07) is 0. The van der Waals surface area contributed by atoms with E-state index in [4.69, 9.17) is 0 Å². The van der Waals surface area contributed by atoms with Gasteiger partial charge in [0, 0.05) is 10.2 Å². The second kappa shape index (κ2) is 5.72. The molecule has 0 radical (unpaired) electrons. The molecule has 0 saturated heterocycles. The van der Waals surface area contributed by atoms with Crippen LogP contribution in [-0.2, 0) is 0 Å². The molecule has 0 aliphatic heterocycles. The van der Waals surface area contributed by atoms with Crippen molar-refractivity contribution in [3.63, 3.8) is 0 Å². The highest BCUT2D eigenvalue weighted by atomic mass is 79.9. The van der Waals surface area contributed by atoms with Gasteiger partial charge in [0.2, 0.25) is 0 Å². The van der Waals surface area contributed by atoms with Gasteiger partial charge in [0.15, 0.2) is 0 Å². The van der Waals surface area contributed by atoms with Crippen LogP contribution in [0.1, 0.15) is 26.7 Å². The van der Waals surface area contributed by atoms with Gasteiger partial charge in [0.25, 0.3) is 0 Å². The van der Waals surface area contributed by atoms with Crippen LogP contribution < -0.4 is 0 Å². The van der Waals surface area contributed by atoms with Crippen molar-refractivity contribution in [1.82, 2.24) is 0 Å². The Balaban J connectivity index is 3.15. The zero-order valence-electron chi connectivity index (χ0n) is 6.03. The minimum Gasteiger partial charge on any atom is -0.0928 e. The second-order valence-corrected chi connectivity index (χ2v) is 4.79. The summed E-state index contributed by atoms with van der Waals surface area (Å²) < 4.78 is 0. The lowest BCUT2D eigenvalue weighted by molar-refractivity contribution is 0.568. The molecule has 2 heteroatoms. The van der Waals surface area contributed by atoms with E-state index < -0.39 is 0 Å². The van der Waals surface area contributed by atoms with E-state index >= 15 is 0 Å². The first-order valence-electron chi connectivity index (χ1n) is 3.36. The topological polar surface area (TPSA) is 0 Å². The average molecular weight is 258 g/mol. The highest BCUT2D eigenvalue weighted by molar-refractivity contribution is 9.10. The summed E-state index contributed by atoms with van der Waals surface area (Å²) in [4.78, 5) is 0.705. The Morgan fingerprint density at radius 2 is 1.89 bits per heavy atom. The molecule has 0 bridgehead atoms. The van der Waals surface area contributed by atoms with E-state index in [0.717, 1.165) is 11.2 Å². The molecule has 0 aliphatic carbocycles. The molecule has 0 rings (SSSR count). The third kappa shape index (κ3) is 6.85. The van der Waals surface area contributed by atoms with Crippen molar-refractivity contribution in [3.8, 4) is 0 Å². The fourth-order valence-electron chi connectivity index (χ4n) is 0.748. The highest BCUT2D eigenvalue weighted by Crippen LogP contribution is 2.16. The van der Waals surface area contributed by atoms with Crippen LogP contribution in [-0.4, -0.2) is 10.2 Å². The van der Waals surface area contributed by atoms with Gasteiger partial charge in [-0.15, -0.1) is 0 Å². The highest BCUT2D eigenvalue weighted by Gasteiger charge is 2.04. The zero-order valence-corrected chi connectivity index (χ0v) is 9.20. The van der Waals surface area contributed by atoms with Gasteiger partial charge < -0.3 is 0 Å². The van der Waals surface area contributed by atoms with Crippen molar-refractivity contribution < 1.29 is 0 Å². The molecule has 9 heavy (non-hydrogen) atoms. The lowest BCUT2D eigenvalue weighted by Crippen LogP contribution is -2.02. The van der Waals surface area contributed by atoms with Crippen molar-refractivity contribution in [3.05, 3.63) is 0 Å². The van der Waals surface area contributed by atoms with Crippen LogP contribution in [0.15, 0.2) is 0 Å². The second-order valence-electron chi connectivity index (χ2n) is 2.70. The number of rotatable bonds is 4. The van der Waals surface area contributed by atoms with Crippen molar-refractivity contribution >= 4 is 31.9 Å². The van der Waals surface area contributed by atoms with E-state index in [2.05, 4.69) is 45.7 Å². The van der Waals surface area contributed by atoms with E-state index in [1.54, 1.807) is 0 Å².